The molecule has 0 saturated heterocycles. The van der Waals surface area contributed by atoms with Gasteiger partial charge in [0.2, 0.25) is 10.0 Å². The van der Waals surface area contributed by atoms with E-state index in [2.05, 4.69) is 32.4 Å². The van der Waals surface area contributed by atoms with E-state index in [9.17, 15) is 8.42 Å². The Balaban J connectivity index is 2.12. The van der Waals surface area contributed by atoms with Crippen molar-refractivity contribution in [3.63, 3.8) is 0 Å². The monoisotopic (exact) mass is 282 g/mol. The van der Waals surface area contributed by atoms with E-state index >= 15 is 0 Å². The van der Waals surface area contributed by atoms with Crippen LogP contribution in [-0.4, -0.2) is 14.5 Å². The highest BCUT2D eigenvalue weighted by Crippen LogP contribution is 2.62. The Bertz CT molecular complexity index is 577. The van der Waals surface area contributed by atoms with E-state index in [1.807, 2.05) is 0 Å². The van der Waals surface area contributed by atoms with E-state index in [-0.39, 0.29) is 22.6 Å². The molecule has 1 saturated carbocycles. The van der Waals surface area contributed by atoms with Gasteiger partial charge in [0.05, 0.1) is 5.75 Å². The molecule has 1 aromatic rings. The molecule has 4 nitrogen and oxygen atoms in total. The summed E-state index contributed by atoms with van der Waals surface area (Å²) in [7, 11) is -3.37. The standard InChI is InChI=1S/C14H22N2O2S/c1-13(2)12(14(13,3)4)16-19(17,18)9-10-7-5-6-8-11(10)15/h5-8,12,16H,9,15H2,1-4H3. The summed E-state index contributed by atoms with van der Waals surface area (Å²) in [6.45, 7) is 8.32. The van der Waals surface area contributed by atoms with E-state index in [1.165, 1.54) is 0 Å². The molecule has 2 rings (SSSR count). The maximum absolute atomic E-state index is 12.2. The van der Waals surface area contributed by atoms with E-state index in [0.717, 1.165) is 0 Å². The molecule has 1 fully saturated rings. The fourth-order valence-corrected chi connectivity index (χ4v) is 4.29. The van der Waals surface area contributed by atoms with Crippen molar-refractivity contribution in [2.24, 2.45) is 10.8 Å². The average molecular weight is 282 g/mol. The normalized spacial score (nSPS) is 21.3. The molecule has 0 amide bonds. The Morgan fingerprint density at radius 2 is 1.68 bits per heavy atom. The average Bonchev–Trinajstić information content (AvgIpc) is 2.64. The van der Waals surface area contributed by atoms with Crippen LogP contribution in [0.4, 0.5) is 5.69 Å². The quantitative estimate of drug-likeness (QED) is 0.831. The molecule has 0 radical (unpaired) electrons. The predicted octanol–water partition coefficient (Wildman–Crippen LogP) is 2.12. The molecular formula is C14H22N2O2S. The molecule has 1 aliphatic rings. The summed E-state index contributed by atoms with van der Waals surface area (Å²) >= 11 is 0. The highest BCUT2D eigenvalue weighted by atomic mass is 32.2. The van der Waals surface area contributed by atoms with Crippen LogP contribution in [-0.2, 0) is 15.8 Å². The second-order valence-electron chi connectivity index (χ2n) is 6.45. The van der Waals surface area contributed by atoms with Crippen molar-refractivity contribution in [1.82, 2.24) is 4.72 Å². The number of benzene rings is 1. The molecule has 0 bridgehead atoms. The van der Waals surface area contributed by atoms with Crippen molar-refractivity contribution in [3.8, 4) is 0 Å². The number of hydrogen-bond donors (Lipinski definition) is 2. The molecule has 5 heteroatoms. The van der Waals surface area contributed by atoms with Crippen LogP contribution in [0.1, 0.15) is 33.3 Å². The second kappa shape index (κ2) is 4.21. The summed E-state index contributed by atoms with van der Waals surface area (Å²) in [6.07, 6.45) is 0. The zero-order valence-electron chi connectivity index (χ0n) is 11.9. The van der Waals surface area contributed by atoms with Crippen molar-refractivity contribution in [1.29, 1.82) is 0 Å². The van der Waals surface area contributed by atoms with Gasteiger partial charge in [0, 0.05) is 11.7 Å². The Kier molecular flexibility index (Phi) is 3.18. The molecule has 3 N–H and O–H groups in total. The lowest BCUT2D eigenvalue weighted by atomic mass is 10.0. The minimum atomic E-state index is -3.37. The minimum absolute atomic E-state index is 0.0116. The van der Waals surface area contributed by atoms with Crippen molar-refractivity contribution in [2.45, 2.75) is 39.5 Å². The molecule has 0 atom stereocenters. The van der Waals surface area contributed by atoms with Gasteiger partial charge in [-0.2, -0.15) is 0 Å². The summed E-state index contributed by atoms with van der Waals surface area (Å²) in [4.78, 5) is 0. The third kappa shape index (κ3) is 2.49. The fourth-order valence-electron chi connectivity index (χ4n) is 2.58. The minimum Gasteiger partial charge on any atom is -0.398 e. The number of nitrogen functional groups attached to an aromatic ring is 1. The number of para-hydroxylation sites is 1. The van der Waals surface area contributed by atoms with E-state index in [4.69, 9.17) is 5.73 Å². The van der Waals surface area contributed by atoms with Crippen molar-refractivity contribution in [2.75, 3.05) is 5.73 Å². The summed E-state index contributed by atoms with van der Waals surface area (Å²) in [5.41, 5.74) is 6.93. The predicted molar refractivity (Wildman–Crippen MR) is 78.0 cm³/mol. The third-order valence-electron chi connectivity index (χ3n) is 4.72. The van der Waals surface area contributed by atoms with Crippen LogP contribution in [0, 0.1) is 10.8 Å². The summed E-state index contributed by atoms with van der Waals surface area (Å²) in [6, 6.07) is 7.04. The van der Waals surface area contributed by atoms with Crippen molar-refractivity contribution < 1.29 is 8.42 Å². The molecule has 1 aromatic carbocycles. The lowest BCUT2D eigenvalue weighted by molar-refractivity contribution is 0.457. The van der Waals surface area contributed by atoms with Crippen LogP contribution in [0.2, 0.25) is 0 Å². The first-order chi connectivity index (χ1) is 8.58. The number of anilines is 1. The first-order valence-electron chi connectivity index (χ1n) is 6.41. The molecule has 0 unspecified atom stereocenters. The van der Waals surface area contributed by atoms with Crippen LogP contribution in [0.25, 0.3) is 0 Å². The van der Waals surface area contributed by atoms with Gasteiger partial charge in [-0.1, -0.05) is 45.9 Å². The van der Waals surface area contributed by atoms with Gasteiger partial charge in [-0.3, -0.25) is 0 Å². The summed E-state index contributed by atoms with van der Waals surface area (Å²) < 4.78 is 27.2. The first-order valence-corrected chi connectivity index (χ1v) is 8.06. The highest BCUT2D eigenvalue weighted by molar-refractivity contribution is 7.88. The van der Waals surface area contributed by atoms with Gasteiger partial charge in [-0.25, -0.2) is 13.1 Å². The van der Waals surface area contributed by atoms with Crippen LogP contribution in [0.15, 0.2) is 24.3 Å². The molecule has 0 spiro atoms. The van der Waals surface area contributed by atoms with Crippen LogP contribution in [0.5, 0.6) is 0 Å². The third-order valence-corrected chi connectivity index (χ3v) is 6.00. The Morgan fingerprint density at radius 3 is 2.16 bits per heavy atom. The number of rotatable bonds is 4. The van der Waals surface area contributed by atoms with Gasteiger partial charge >= 0.3 is 0 Å². The zero-order chi connectivity index (χ0) is 14.5. The largest absolute Gasteiger partial charge is 0.398 e. The Hall–Kier alpha value is -1.07. The van der Waals surface area contributed by atoms with Crippen LogP contribution in [0.3, 0.4) is 0 Å². The lowest BCUT2D eigenvalue weighted by Crippen LogP contribution is -2.31. The summed E-state index contributed by atoms with van der Waals surface area (Å²) in [5.74, 6) is -0.0671. The van der Waals surface area contributed by atoms with Crippen LogP contribution >= 0.6 is 0 Å². The summed E-state index contributed by atoms with van der Waals surface area (Å²) in [5, 5.41) is 0. The van der Waals surface area contributed by atoms with E-state index < -0.39 is 10.0 Å². The van der Waals surface area contributed by atoms with Crippen LogP contribution < -0.4 is 10.5 Å². The number of nitrogens with two attached hydrogens (primary N) is 1. The lowest BCUT2D eigenvalue weighted by Gasteiger charge is -2.09. The number of sulfonamides is 1. The molecule has 0 aromatic heterocycles. The highest BCUT2D eigenvalue weighted by Gasteiger charge is 2.65. The van der Waals surface area contributed by atoms with Crippen molar-refractivity contribution >= 4 is 15.7 Å². The molecule has 0 aliphatic heterocycles. The molecule has 0 heterocycles. The first kappa shape index (κ1) is 14.3. The topological polar surface area (TPSA) is 72.2 Å². The van der Waals surface area contributed by atoms with E-state index in [1.54, 1.807) is 24.3 Å². The molecule has 19 heavy (non-hydrogen) atoms. The zero-order valence-corrected chi connectivity index (χ0v) is 12.7. The van der Waals surface area contributed by atoms with Gasteiger partial charge in [-0.05, 0) is 22.5 Å². The van der Waals surface area contributed by atoms with Gasteiger partial charge in [0.15, 0.2) is 0 Å². The maximum Gasteiger partial charge on any atom is 0.216 e. The number of nitrogens with one attached hydrogen (secondary N) is 1. The van der Waals surface area contributed by atoms with Crippen molar-refractivity contribution in [3.05, 3.63) is 29.8 Å². The van der Waals surface area contributed by atoms with E-state index in [0.29, 0.717) is 11.3 Å². The van der Waals surface area contributed by atoms with Gasteiger partial charge in [-0.15, -0.1) is 0 Å². The Morgan fingerprint density at radius 1 is 1.16 bits per heavy atom. The van der Waals surface area contributed by atoms with Gasteiger partial charge in [0.1, 0.15) is 0 Å². The Labute approximate surface area is 115 Å². The molecule has 1 aliphatic carbocycles. The van der Waals surface area contributed by atoms with Gasteiger partial charge < -0.3 is 5.73 Å². The fraction of sp³-hybridized carbons (Fsp3) is 0.571. The SMILES string of the molecule is CC1(C)C(NS(=O)(=O)Cc2ccccc2N)C1(C)C. The van der Waals surface area contributed by atoms with Gasteiger partial charge in [0.25, 0.3) is 0 Å². The second-order valence-corrected chi connectivity index (χ2v) is 8.21. The smallest absolute Gasteiger partial charge is 0.216 e. The molecular weight excluding hydrogens is 260 g/mol. The maximum atomic E-state index is 12.2. The molecule has 106 valence electrons. The number of hydrogen-bond acceptors (Lipinski definition) is 3.